The zero-order valence-electron chi connectivity index (χ0n) is 17.6. The molecule has 1 aliphatic heterocycles. The summed E-state index contributed by atoms with van der Waals surface area (Å²) in [7, 11) is 0. The van der Waals surface area contributed by atoms with E-state index in [1.54, 1.807) is 0 Å². The van der Waals surface area contributed by atoms with Crippen LogP contribution in [0.25, 0.3) is 0 Å². The van der Waals surface area contributed by atoms with E-state index < -0.39 is 0 Å². The Bertz CT molecular complexity index is 768. The lowest BCUT2D eigenvalue weighted by molar-refractivity contribution is -0.0390. The molecule has 0 atom stereocenters. The molecule has 0 spiro atoms. The average Bonchev–Trinajstić information content (AvgIpc) is 2.76. The smallest absolute Gasteiger partial charge is 0.191 e. The zero-order chi connectivity index (χ0) is 20.3. The van der Waals surface area contributed by atoms with Crippen LogP contribution in [0, 0.1) is 6.92 Å². The molecular weight excluding hydrogens is 362 g/mol. The lowest BCUT2D eigenvalue weighted by Crippen LogP contribution is -2.36. The van der Waals surface area contributed by atoms with Gasteiger partial charge in [-0.3, -0.25) is 0 Å². The van der Waals surface area contributed by atoms with Crippen LogP contribution in [0.1, 0.15) is 42.0 Å². The number of nitrogens with zero attached hydrogens (tertiary/aromatic N) is 1. The number of rotatable bonds is 8. The molecule has 1 heterocycles. The lowest BCUT2D eigenvalue weighted by Gasteiger charge is -2.22. The molecule has 3 rings (SSSR count). The molecule has 1 aliphatic rings. The highest BCUT2D eigenvalue weighted by molar-refractivity contribution is 5.79. The summed E-state index contributed by atoms with van der Waals surface area (Å²) in [5, 5.41) is 6.74. The van der Waals surface area contributed by atoms with E-state index in [1.807, 2.05) is 0 Å². The van der Waals surface area contributed by atoms with Gasteiger partial charge < -0.3 is 20.1 Å². The molecule has 0 amide bonds. The Morgan fingerprint density at radius 3 is 2.48 bits per heavy atom. The van der Waals surface area contributed by atoms with Crippen molar-refractivity contribution in [1.82, 2.24) is 10.6 Å². The second kappa shape index (κ2) is 11.6. The molecule has 2 aromatic carbocycles. The summed E-state index contributed by atoms with van der Waals surface area (Å²) in [5.41, 5.74) is 4.96. The van der Waals surface area contributed by atoms with Crippen LogP contribution in [-0.4, -0.2) is 31.8 Å². The fourth-order valence-electron chi connectivity index (χ4n) is 3.30. The highest BCUT2D eigenvalue weighted by Crippen LogP contribution is 2.14. The van der Waals surface area contributed by atoms with Gasteiger partial charge in [-0.2, -0.15) is 0 Å². The predicted molar refractivity (Wildman–Crippen MR) is 118 cm³/mol. The number of guanidine groups is 1. The summed E-state index contributed by atoms with van der Waals surface area (Å²) in [5.74, 6) is 0.836. The van der Waals surface area contributed by atoms with Crippen molar-refractivity contribution in [2.45, 2.75) is 52.5 Å². The van der Waals surface area contributed by atoms with Crippen molar-refractivity contribution >= 4 is 5.96 Å². The lowest BCUT2D eigenvalue weighted by atomic mass is 10.1. The number of aryl methyl sites for hydroxylation is 1. The normalized spacial score (nSPS) is 15.3. The fraction of sp³-hybridized carbons (Fsp3) is 0.458. The molecule has 2 N–H and O–H groups in total. The van der Waals surface area contributed by atoms with Crippen molar-refractivity contribution in [2.24, 2.45) is 4.99 Å². The van der Waals surface area contributed by atoms with Crippen molar-refractivity contribution in [3.8, 4) is 0 Å². The number of nitrogens with one attached hydrogen (secondary N) is 2. The first kappa shape index (κ1) is 21.3. The highest BCUT2D eigenvalue weighted by Gasteiger charge is 2.13. The van der Waals surface area contributed by atoms with Crippen molar-refractivity contribution in [3.63, 3.8) is 0 Å². The predicted octanol–water partition coefficient (Wildman–Crippen LogP) is 3.95. The van der Waals surface area contributed by atoms with Gasteiger partial charge in [0.15, 0.2) is 5.96 Å². The van der Waals surface area contributed by atoms with E-state index in [0.29, 0.717) is 19.3 Å². The van der Waals surface area contributed by atoms with Crippen LogP contribution in [0.2, 0.25) is 0 Å². The molecule has 1 saturated heterocycles. The van der Waals surface area contributed by atoms with Gasteiger partial charge in [-0.05, 0) is 48.9 Å². The third-order valence-corrected chi connectivity index (χ3v) is 5.15. The Labute approximate surface area is 174 Å². The number of hydrogen-bond acceptors (Lipinski definition) is 3. The van der Waals surface area contributed by atoms with Gasteiger partial charge >= 0.3 is 0 Å². The van der Waals surface area contributed by atoms with E-state index in [4.69, 9.17) is 14.5 Å². The molecule has 29 heavy (non-hydrogen) atoms. The Kier molecular flexibility index (Phi) is 8.53. The monoisotopic (exact) mass is 395 g/mol. The molecule has 1 fully saturated rings. The van der Waals surface area contributed by atoms with Crippen molar-refractivity contribution in [2.75, 3.05) is 19.8 Å². The van der Waals surface area contributed by atoms with E-state index >= 15 is 0 Å². The zero-order valence-corrected chi connectivity index (χ0v) is 17.6. The molecule has 0 aliphatic carbocycles. The second-order valence-electron chi connectivity index (χ2n) is 7.41. The van der Waals surface area contributed by atoms with E-state index in [1.165, 1.54) is 22.3 Å². The number of hydrogen-bond donors (Lipinski definition) is 2. The van der Waals surface area contributed by atoms with Crippen molar-refractivity contribution < 1.29 is 9.47 Å². The summed E-state index contributed by atoms with van der Waals surface area (Å²) in [4.78, 5) is 4.73. The van der Waals surface area contributed by atoms with E-state index in [2.05, 4.69) is 73.0 Å². The summed E-state index contributed by atoms with van der Waals surface area (Å²) in [6.07, 6.45) is 2.32. The van der Waals surface area contributed by atoms with Crippen LogP contribution in [-0.2, 0) is 29.2 Å². The molecule has 0 aromatic heterocycles. The SMILES string of the molecule is CCNC(=NCc1ccc(COC2CCOCC2)cc1)NCc1ccccc1C. The summed E-state index contributed by atoms with van der Waals surface area (Å²) in [6.45, 7) is 8.75. The molecule has 5 heteroatoms. The van der Waals surface area contributed by atoms with Gasteiger partial charge in [0.05, 0.1) is 19.3 Å². The Morgan fingerprint density at radius 2 is 1.76 bits per heavy atom. The summed E-state index contributed by atoms with van der Waals surface area (Å²) >= 11 is 0. The minimum Gasteiger partial charge on any atom is -0.381 e. The van der Waals surface area contributed by atoms with Gasteiger partial charge in [0.25, 0.3) is 0 Å². The number of aliphatic imine (C=N–C) groups is 1. The minimum atomic E-state index is 0.329. The molecule has 0 radical (unpaired) electrons. The largest absolute Gasteiger partial charge is 0.381 e. The van der Waals surface area contributed by atoms with E-state index in [9.17, 15) is 0 Å². The number of ether oxygens (including phenoxy) is 2. The van der Waals surface area contributed by atoms with Crippen LogP contribution < -0.4 is 10.6 Å². The Morgan fingerprint density at radius 1 is 1.03 bits per heavy atom. The van der Waals surface area contributed by atoms with Gasteiger partial charge in [-0.1, -0.05) is 48.5 Å². The van der Waals surface area contributed by atoms with E-state index in [0.717, 1.165) is 45.1 Å². The Balaban J connectivity index is 1.49. The second-order valence-corrected chi connectivity index (χ2v) is 7.41. The molecular formula is C24H33N3O2. The topological polar surface area (TPSA) is 54.9 Å². The minimum absolute atomic E-state index is 0.329. The molecule has 156 valence electrons. The van der Waals surface area contributed by atoms with Crippen molar-refractivity contribution in [3.05, 3.63) is 70.8 Å². The van der Waals surface area contributed by atoms with E-state index in [-0.39, 0.29) is 0 Å². The highest BCUT2D eigenvalue weighted by atomic mass is 16.5. The maximum absolute atomic E-state index is 6.00. The first-order valence-corrected chi connectivity index (χ1v) is 10.6. The van der Waals surface area contributed by atoms with Crippen LogP contribution in [0.4, 0.5) is 0 Å². The van der Waals surface area contributed by atoms with Crippen LogP contribution in [0.5, 0.6) is 0 Å². The standard InChI is InChI=1S/C24H33N3O2/c1-3-25-24(27-17-22-7-5-4-6-19(22)2)26-16-20-8-10-21(11-9-20)18-29-23-12-14-28-15-13-23/h4-11,23H,3,12-18H2,1-2H3,(H2,25,26,27). The Hall–Kier alpha value is -2.37. The molecule has 5 nitrogen and oxygen atoms in total. The van der Waals surface area contributed by atoms with Crippen LogP contribution >= 0.6 is 0 Å². The maximum atomic E-state index is 6.00. The van der Waals surface area contributed by atoms with Gasteiger partial charge in [-0.25, -0.2) is 4.99 Å². The summed E-state index contributed by atoms with van der Waals surface area (Å²) in [6, 6.07) is 17.0. The number of benzene rings is 2. The third-order valence-electron chi connectivity index (χ3n) is 5.15. The fourth-order valence-corrected chi connectivity index (χ4v) is 3.30. The first-order valence-electron chi connectivity index (χ1n) is 10.6. The quantitative estimate of drug-likeness (QED) is 0.525. The summed E-state index contributed by atoms with van der Waals surface area (Å²) < 4.78 is 11.4. The molecule has 0 bridgehead atoms. The molecule has 0 unspecified atom stereocenters. The molecule has 0 saturated carbocycles. The van der Waals surface area contributed by atoms with Crippen LogP contribution in [0.3, 0.4) is 0 Å². The first-order chi connectivity index (χ1) is 14.2. The maximum Gasteiger partial charge on any atom is 0.191 e. The van der Waals surface area contributed by atoms with Crippen LogP contribution in [0.15, 0.2) is 53.5 Å². The molecule has 2 aromatic rings. The third kappa shape index (κ3) is 7.18. The van der Waals surface area contributed by atoms with Crippen molar-refractivity contribution in [1.29, 1.82) is 0 Å². The average molecular weight is 396 g/mol. The van der Waals surface area contributed by atoms with Gasteiger partial charge in [0.1, 0.15) is 0 Å². The van der Waals surface area contributed by atoms with Gasteiger partial charge in [-0.15, -0.1) is 0 Å². The van der Waals surface area contributed by atoms with Gasteiger partial charge in [0, 0.05) is 26.3 Å². The van der Waals surface area contributed by atoms with Gasteiger partial charge in [0.2, 0.25) is 0 Å².